The van der Waals surface area contributed by atoms with Crippen LogP contribution in [0.2, 0.25) is 0 Å². The van der Waals surface area contributed by atoms with Crippen molar-refractivity contribution in [3.05, 3.63) is 11.1 Å². The van der Waals surface area contributed by atoms with E-state index in [1.54, 1.807) is 6.92 Å². The fourth-order valence-corrected chi connectivity index (χ4v) is 2.75. The lowest BCUT2D eigenvalue weighted by atomic mass is 10.0. The van der Waals surface area contributed by atoms with Gasteiger partial charge in [-0.25, -0.2) is 13.2 Å². The van der Waals surface area contributed by atoms with E-state index in [-0.39, 0.29) is 25.5 Å². The number of carbonyl (C=O) groups excluding carboxylic acids is 2. The number of sulfone groups is 1. The number of allylic oxidation sites excluding steroid dienone is 1. The summed E-state index contributed by atoms with van der Waals surface area (Å²) in [7, 11) is -5.71. The number of hydrogen-bond donors (Lipinski definition) is 0. The normalized spacial score (nSPS) is 20.0. The molecule has 1 atom stereocenters. The molecule has 10 heteroatoms. The van der Waals surface area contributed by atoms with Gasteiger partial charge in [0.25, 0.3) is 9.84 Å². The maximum atomic E-state index is 12.6. The second kappa shape index (κ2) is 6.04. The van der Waals surface area contributed by atoms with Crippen molar-refractivity contribution in [3.8, 4) is 0 Å². The monoisotopic (exact) mass is 329 g/mol. The van der Waals surface area contributed by atoms with Crippen molar-refractivity contribution in [2.24, 2.45) is 5.92 Å². The van der Waals surface area contributed by atoms with Gasteiger partial charge in [-0.2, -0.15) is 13.2 Å². The number of amides is 1. The molecule has 0 N–H and O–H groups in total. The summed E-state index contributed by atoms with van der Waals surface area (Å²) >= 11 is 0. The Hall–Kier alpha value is -1.58. The third kappa shape index (κ3) is 3.55. The van der Waals surface area contributed by atoms with Crippen LogP contribution in [0.5, 0.6) is 0 Å². The summed E-state index contributed by atoms with van der Waals surface area (Å²) in [5, 5.41) is -1.22. The highest BCUT2D eigenvalue weighted by Gasteiger charge is 2.52. The van der Waals surface area contributed by atoms with Gasteiger partial charge in [-0.15, -0.1) is 0 Å². The van der Waals surface area contributed by atoms with E-state index in [1.165, 1.54) is 6.92 Å². The van der Waals surface area contributed by atoms with E-state index in [2.05, 4.69) is 4.74 Å². The smallest absolute Gasteiger partial charge is 0.459 e. The molecule has 0 radical (unpaired) electrons. The van der Waals surface area contributed by atoms with Gasteiger partial charge in [-0.05, 0) is 25.3 Å². The van der Waals surface area contributed by atoms with Crippen molar-refractivity contribution in [3.63, 3.8) is 0 Å². The molecule has 1 aliphatic heterocycles. The predicted molar refractivity (Wildman–Crippen MR) is 65.2 cm³/mol. The second-order valence-electron chi connectivity index (χ2n) is 4.47. The quantitative estimate of drug-likeness (QED) is 0.562. The van der Waals surface area contributed by atoms with Crippen LogP contribution in [0.15, 0.2) is 11.1 Å². The Morgan fingerprint density at radius 1 is 1.43 bits per heavy atom. The molecule has 0 spiro atoms. The molecule has 0 saturated carbocycles. The van der Waals surface area contributed by atoms with Crippen molar-refractivity contribution >= 4 is 21.7 Å². The Morgan fingerprint density at radius 3 is 2.48 bits per heavy atom. The molecule has 6 nitrogen and oxygen atoms in total. The fraction of sp³-hybridized carbons (Fsp3) is 0.636. The van der Waals surface area contributed by atoms with Gasteiger partial charge < -0.3 is 4.74 Å². The molecule has 1 rings (SSSR count). The molecule has 0 aromatic heterocycles. The lowest BCUT2D eigenvalue weighted by Crippen LogP contribution is -2.45. The van der Waals surface area contributed by atoms with Crippen molar-refractivity contribution in [2.75, 3.05) is 13.2 Å². The van der Waals surface area contributed by atoms with Crippen LogP contribution >= 0.6 is 0 Å². The highest BCUT2D eigenvalue weighted by Crippen LogP contribution is 2.34. The first-order valence-electron chi connectivity index (χ1n) is 6.02. The average molecular weight is 329 g/mol. The van der Waals surface area contributed by atoms with Crippen LogP contribution in [0.1, 0.15) is 20.3 Å². The van der Waals surface area contributed by atoms with Crippen molar-refractivity contribution in [1.82, 2.24) is 4.90 Å². The van der Waals surface area contributed by atoms with Gasteiger partial charge in [0.2, 0.25) is 0 Å². The lowest BCUT2D eigenvalue weighted by Gasteiger charge is -2.30. The largest absolute Gasteiger partial charge is 0.503 e. The summed E-state index contributed by atoms with van der Waals surface area (Å²) in [6.07, 6.45) is 0.853. The summed E-state index contributed by atoms with van der Waals surface area (Å²) in [5.74, 6) is -3.10. The lowest BCUT2D eigenvalue weighted by molar-refractivity contribution is -0.159. The summed E-state index contributed by atoms with van der Waals surface area (Å²) in [5.41, 5.74) is -5.55. The number of halogens is 3. The molecule has 1 amide bonds. The molecule has 0 aromatic rings. The molecular formula is C11H14F3NO5S. The maximum Gasteiger partial charge on any atom is 0.503 e. The molecule has 0 bridgehead atoms. The Bertz CT molecular complexity index is 567. The SMILES string of the molecule is CCOC(=O)C(=O)N1CC(C)CC=C1S(=O)(=O)C(F)(F)F. The topological polar surface area (TPSA) is 80.8 Å². The minimum Gasteiger partial charge on any atom is -0.459 e. The van der Waals surface area contributed by atoms with Crippen molar-refractivity contribution in [1.29, 1.82) is 0 Å². The fourth-order valence-electron chi connectivity index (χ4n) is 1.75. The van der Waals surface area contributed by atoms with Crippen LogP contribution < -0.4 is 0 Å². The molecule has 120 valence electrons. The van der Waals surface area contributed by atoms with Crippen LogP contribution in [0.25, 0.3) is 0 Å². The molecule has 0 saturated heterocycles. The van der Waals surface area contributed by atoms with Crippen LogP contribution in [-0.4, -0.2) is 43.9 Å². The number of esters is 1. The molecule has 0 aromatic carbocycles. The number of ether oxygens (including phenoxy) is 1. The van der Waals surface area contributed by atoms with Gasteiger partial charge in [0.15, 0.2) is 0 Å². The molecule has 1 heterocycles. The Morgan fingerprint density at radius 2 is 2.00 bits per heavy atom. The third-order valence-corrected chi connectivity index (χ3v) is 4.28. The van der Waals surface area contributed by atoms with E-state index >= 15 is 0 Å². The first-order chi connectivity index (χ1) is 9.52. The van der Waals surface area contributed by atoms with Gasteiger partial charge in [-0.3, -0.25) is 9.69 Å². The maximum absolute atomic E-state index is 12.6. The molecule has 0 aliphatic carbocycles. The number of alkyl halides is 3. The zero-order valence-electron chi connectivity index (χ0n) is 11.3. The van der Waals surface area contributed by atoms with Crippen LogP contribution in [0.4, 0.5) is 13.2 Å². The average Bonchev–Trinajstić information content (AvgIpc) is 2.36. The summed E-state index contributed by atoms with van der Waals surface area (Å²) in [6, 6.07) is 0. The van der Waals surface area contributed by atoms with E-state index < -0.39 is 32.3 Å². The highest BCUT2D eigenvalue weighted by atomic mass is 32.2. The van der Waals surface area contributed by atoms with Gasteiger partial charge in [-0.1, -0.05) is 6.92 Å². The van der Waals surface area contributed by atoms with Gasteiger partial charge in [0.1, 0.15) is 5.03 Å². The standard InChI is InChI=1S/C11H14F3NO5S/c1-3-20-10(17)9(16)15-6-7(2)4-5-8(15)21(18,19)11(12,13)14/h5,7H,3-4,6H2,1-2H3. The minimum absolute atomic E-state index is 0.0528. The molecule has 21 heavy (non-hydrogen) atoms. The molecule has 1 aliphatic rings. The number of rotatable bonds is 2. The zero-order chi connectivity index (χ0) is 16.4. The Labute approximate surface area is 119 Å². The van der Waals surface area contributed by atoms with Gasteiger partial charge in [0, 0.05) is 6.54 Å². The van der Waals surface area contributed by atoms with Crippen LogP contribution in [0, 0.1) is 5.92 Å². The molecule has 1 unspecified atom stereocenters. The van der Waals surface area contributed by atoms with Crippen LogP contribution in [0.3, 0.4) is 0 Å². The summed E-state index contributed by atoms with van der Waals surface area (Å²) in [6.45, 7) is 2.56. The summed E-state index contributed by atoms with van der Waals surface area (Å²) in [4.78, 5) is 23.5. The summed E-state index contributed by atoms with van der Waals surface area (Å²) < 4.78 is 65.2. The van der Waals surface area contributed by atoms with E-state index in [9.17, 15) is 31.2 Å². The third-order valence-electron chi connectivity index (χ3n) is 2.73. The predicted octanol–water partition coefficient (Wildman–Crippen LogP) is 1.19. The van der Waals surface area contributed by atoms with Gasteiger partial charge >= 0.3 is 17.4 Å². The Kier molecular flexibility index (Phi) is 5.03. The van der Waals surface area contributed by atoms with E-state index in [4.69, 9.17) is 0 Å². The van der Waals surface area contributed by atoms with E-state index in [1.807, 2.05) is 0 Å². The molecular weight excluding hydrogens is 315 g/mol. The van der Waals surface area contributed by atoms with Crippen molar-refractivity contribution < 1.29 is 35.9 Å². The first kappa shape index (κ1) is 17.5. The van der Waals surface area contributed by atoms with E-state index in [0.29, 0.717) is 4.90 Å². The highest BCUT2D eigenvalue weighted by molar-refractivity contribution is 7.96. The molecule has 0 fully saturated rings. The van der Waals surface area contributed by atoms with E-state index in [0.717, 1.165) is 6.08 Å². The second-order valence-corrected chi connectivity index (χ2v) is 6.36. The van der Waals surface area contributed by atoms with Crippen molar-refractivity contribution in [2.45, 2.75) is 25.8 Å². The number of hydrogen-bond acceptors (Lipinski definition) is 5. The first-order valence-corrected chi connectivity index (χ1v) is 7.50. The van der Waals surface area contributed by atoms with Gasteiger partial charge in [0.05, 0.1) is 6.61 Å². The zero-order valence-corrected chi connectivity index (χ0v) is 12.1. The minimum atomic E-state index is -5.71. The Balaban J connectivity index is 3.22. The number of nitrogens with zero attached hydrogens (tertiary/aromatic N) is 1. The van der Waals surface area contributed by atoms with Crippen LogP contribution in [-0.2, 0) is 24.2 Å². The number of carbonyl (C=O) groups is 2.